The van der Waals surface area contributed by atoms with Gasteiger partial charge >= 0.3 is 0 Å². The highest BCUT2D eigenvalue weighted by atomic mass is 79.9. The predicted molar refractivity (Wildman–Crippen MR) is 112 cm³/mol. The number of benzene rings is 2. The lowest BCUT2D eigenvalue weighted by Crippen LogP contribution is -2.25. The van der Waals surface area contributed by atoms with Crippen molar-refractivity contribution in [2.75, 3.05) is 14.2 Å². The van der Waals surface area contributed by atoms with Crippen LogP contribution in [0.5, 0.6) is 0 Å². The van der Waals surface area contributed by atoms with Gasteiger partial charge in [0.05, 0.1) is 22.7 Å². The van der Waals surface area contributed by atoms with Gasteiger partial charge < -0.3 is 0 Å². The molecule has 140 valence electrons. The molecular formula is C18H17Br2Cl2NO3. The van der Waals surface area contributed by atoms with Crippen molar-refractivity contribution in [2.24, 2.45) is 0 Å². The summed E-state index contributed by atoms with van der Waals surface area (Å²) < 4.78 is 1.80. The first-order valence-corrected chi connectivity index (χ1v) is 9.66. The maximum absolute atomic E-state index is 11.8. The van der Waals surface area contributed by atoms with E-state index in [-0.39, 0.29) is 5.91 Å². The van der Waals surface area contributed by atoms with Gasteiger partial charge in [-0.25, -0.2) is 5.06 Å². The molecule has 0 saturated heterocycles. The molecule has 0 N–H and O–H groups in total. The van der Waals surface area contributed by atoms with E-state index in [0.29, 0.717) is 21.2 Å². The van der Waals surface area contributed by atoms with E-state index in [9.17, 15) is 9.59 Å². The third-order valence-corrected chi connectivity index (χ3v) is 6.29. The molecule has 0 aliphatic rings. The monoisotopic (exact) mass is 523 g/mol. The van der Waals surface area contributed by atoms with Crippen molar-refractivity contribution in [1.29, 1.82) is 0 Å². The number of nitrogens with zero attached hydrogens (tertiary/aromatic N) is 1. The van der Waals surface area contributed by atoms with Gasteiger partial charge in [0.15, 0.2) is 6.29 Å². The molecule has 0 bridgehead atoms. The van der Waals surface area contributed by atoms with E-state index in [1.165, 1.54) is 14.2 Å². The van der Waals surface area contributed by atoms with E-state index in [1.807, 2.05) is 19.9 Å². The van der Waals surface area contributed by atoms with Crippen molar-refractivity contribution in [2.45, 2.75) is 13.8 Å². The zero-order chi connectivity index (χ0) is 20.0. The average Bonchev–Trinajstić information content (AvgIpc) is 2.64. The second kappa shape index (κ2) is 10.4. The minimum absolute atomic E-state index is 0.266. The predicted octanol–water partition coefficient (Wildman–Crippen LogP) is 6.27. The van der Waals surface area contributed by atoms with Gasteiger partial charge in [-0.05, 0) is 49.2 Å². The molecule has 0 aliphatic heterocycles. The van der Waals surface area contributed by atoms with Gasteiger partial charge in [0, 0.05) is 21.6 Å². The van der Waals surface area contributed by atoms with Gasteiger partial charge in [-0.1, -0.05) is 55.1 Å². The lowest BCUT2D eigenvalue weighted by Gasteiger charge is -2.15. The summed E-state index contributed by atoms with van der Waals surface area (Å²) in [4.78, 5) is 27.0. The Bertz CT molecular complexity index is 829. The molecule has 0 unspecified atom stereocenters. The van der Waals surface area contributed by atoms with E-state index < -0.39 is 0 Å². The molecule has 26 heavy (non-hydrogen) atoms. The number of amides is 1. The normalized spacial score (nSPS) is 10.0. The fourth-order valence-corrected chi connectivity index (χ4v) is 3.20. The Morgan fingerprint density at radius 2 is 1.54 bits per heavy atom. The Kier molecular flexibility index (Phi) is 9.27. The summed E-state index contributed by atoms with van der Waals surface area (Å²) in [5.74, 6) is -0.266. The maximum Gasteiger partial charge on any atom is 0.278 e. The van der Waals surface area contributed by atoms with Crippen molar-refractivity contribution in [3.8, 4) is 0 Å². The van der Waals surface area contributed by atoms with Gasteiger partial charge in [-0.3, -0.25) is 14.4 Å². The van der Waals surface area contributed by atoms with Crippen LogP contribution in [0.1, 0.15) is 31.8 Å². The number of hydroxylamine groups is 2. The van der Waals surface area contributed by atoms with Crippen LogP contribution >= 0.6 is 55.1 Å². The van der Waals surface area contributed by atoms with E-state index in [2.05, 4.69) is 31.9 Å². The molecule has 1 amide bonds. The highest BCUT2D eigenvalue weighted by Crippen LogP contribution is 2.28. The summed E-state index contributed by atoms with van der Waals surface area (Å²) in [6.45, 7) is 3.70. The van der Waals surface area contributed by atoms with Gasteiger partial charge in [0.25, 0.3) is 5.91 Å². The van der Waals surface area contributed by atoms with Crippen molar-refractivity contribution < 1.29 is 14.4 Å². The van der Waals surface area contributed by atoms with Crippen LogP contribution in [-0.2, 0) is 4.84 Å². The second-order valence-corrected chi connectivity index (χ2v) is 7.68. The van der Waals surface area contributed by atoms with Crippen molar-refractivity contribution in [1.82, 2.24) is 5.06 Å². The van der Waals surface area contributed by atoms with E-state index in [4.69, 9.17) is 28.0 Å². The minimum atomic E-state index is -0.266. The molecule has 2 rings (SSSR count). The Balaban J connectivity index is 0.000000273. The van der Waals surface area contributed by atoms with Crippen LogP contribution in [0.15, 0.2) is 33.2 Å². The van der Waals surface area contributed by atoms with Gasteiger partial charge in [0.2, 0.25) is 0 Å². The van der Waals surface area contributed by atoms with E-state index >= 15 is 0 Å². The first-order valence-electron chi connectivity index (χ1n) is 7.32. The Labute approximate surface area is 179 Å². The highest BCUT2D eigenvalue weighted by molar-refractivity contribution is 9.10. The fourth-order valence-electron chi connectivity index (χ4n) is 1.85. The van der Waals surface area contributed by atoms with Crippen LogP contribution in [0.2, 0.25) is 10.0 Å². The Morgan fingerprint density at radius 1 is 1.04 bits per heavy atom. The summed E-state index contributed by atoms with van der Waals surface area (Å²) in [7, 11) is 2.97. The molecule has 0 aliphatic carbocycles. The standard InChI is InChI=1S/C10H11BrClNO2.C8H6BrClO/c1-6-8(11)5-4-7(9(6)12)10(14)13(2)15-3;1-5-7(9)3-2-6(4-11)8(5)10/h4-5H,1-3H3;2-4H,1H3. The van der Waals surface area contributed by atoms with Crippen molar-refractivity contribution in [3.63, 3.8) is 0 Å². The molecule has 0 heterocycles. The third kappa shape index (κ3) is 5.54. The molecular weight excluding hydrogens is 509 g/mol. The molecule has 0 aromatic heterocycles. The number of halogens is 4. The summed E-state index contributed by atoms with van der Waals surface area (Å²) in [6, 6.07) is 6.95. The first-order chi connectivity index (χ1) is 12.1. The zero-order valence-electron chi connectivity index (χ0n) is 14.6. The molecule has 4 nitrogen and oxygen atoms in total. The number of rotatable bonds is 3. The number of aldehydes is 1. The van der Waals surface area contributed by atoms with E-state index in [1.54, 1.807) is 18.2 Å². The Morgan fingerprint density at radius 3 is 2.04 bits per heavy atom. The molecule has 0 atom stereocenters. The number of hydrogen-bond donors (Lipinski definition) is 0. The molecule has 0 spiro atoms. The number of carbonyl (C=O) groups is 2. The quantitative estimate of drug-likeness (QED) is 0.350. The molecule has 8 heteroatoms. The first kappa shape index (κ1) is 23.1. The third-order valence-electron chi connectivity index (χ3n) is 3.59. The zero-order valence-corrected chi connectivity index (χ0v) is 19.3. The summed E-state index contributed by atoms with van der Waals surface area (Å²) >= 11 is 18.6. The van der Waals surface area contributed by atoms with Crippen LogP contribution < -0.4 is 0 Å². The van der Waals surface area contributed by atoms with Crippen molar-refractivity contribution in [3.05, 3.63) is 65.5 Å². The summed E-state index contributed by atoms with van der Waals surface area (Å²) in [5.41, 5.74) is 2.71. The van der Waals surface area contributed by atoms with Crippen LogP contribution in [0.3, 0.4) is 0 Å². The number of hydrogen-bond acceptors (Lipinski definition) is 3. The molecule has 2 aromatic rings. The highest BCUT2D eigenvalue weighted by Gasteiger charge is 2.17. The van der Waals surface area contributed by atoms with Gasteiger partial charge in [0.1, 0.15) is 0 Å². The molecule has 0 saturated carbocycles. The lowest BCUT2D eigenvalue weighted by molar-refractivity contribution is -0.0756. The Hall–Kier alpha value is -0.920. The van der Waals surface area contributed by atoms with Gasteiger partial charge in [-0.15, -0.1) is 0 Å². The summed E-state index contributed by atoms with van der Waals surface area (Å²) in [6.07, 6.45) is 0.752. The smallest absolute Gasteiger partial charge is 0.278 e. The maximum atomic E-state index is 11.8. The average molecular weight is 526 g/mol. The molecule has 0 radical (unpaired) electrons. The topological polar surface area (TPSA) is 46.6 Å². The lowest BCUT2D eigenvalue weighted by atomic mass is 10.1. The minimum Gasteiger partial charge on any atom is -0.298 e. The van der Waals surface area contributed by atoms with Crippen LogP contribution in [-0.4, -0.2) is 31.4 Å². The van der Waals surface area contributed by atoms with Gasteiger partial charge in [-0.2, -0.15) is 0 Å². The largest absolute Gasteiger partial charge is 0.298 e. The second-order valence-electron chi connectivity index (χ2n) is 5.21. The van der Waals surface area contributed by atoms with Crippen LogP contribution in [0.4, 0.5) is 0 Å². The van der Waals surface area contributed by atoms with Crippen LogP contribution in [0.25, 0.3) is 0 Å². The van der Waals surface area contributed by atoms with Crippen molar-refractivity contribution >= 4 is 67.3 Å². The fraction of sp³-hybridized carbons (Fsp3) is 0.222. The molecule has 2 aromatic carbocycles. The SMILES string of the molecule is CON(C)C(=O)c1ccc(Br)c(C)c1Cl.Cc1c(Br)ccc(C=O)c1Cl. The number of carbonyl (C=O) groups excluding carboxylic acids is 2. The summed E-state index contributed by atoms with van der Waals surface area (Å²) in [5, 5.41) is 2.10. The van der Waals surface area contributed by atoms with Crippen LogP contribution in [0, 0.1) is 13.8 Å². The molecule has 0 fully saturated rings. The van der Waals surface area contributed by atoms with E-state index in [0.717, 1.165) is 31.4 Å².